The molecule has 3 N–H and O–H groups in total. The summed E-state index contributed by atoms with van der Waals surface area (Å²) < 4.78 is 2.14. The standard InChI is InChI=1S/C13H22N4O3/c1-9(2)13(3,8-14)15-10(18)7-17-6-5-11(19)16(4)12(17)20/h5-6,9H,7-8,14H2,1-4H3,(H,15,18). The second-order valence-electron chi connectivity index (χ2n) is 5.45. The molecule has 0 saturated carbocycles. The highest BCUT2D eigenvalue weighted by molar-refractivity contribution is 5.76. The number of rotatable bonds is 5. The van der Waals surface area contributed by atoms with Crippen LogP contribution in [0.2, 0.25) is 0 Å². The van der Waals surface area contributed by atoms with E-state index in [-0.39, 0.29) is 18.4 Å². The van der Waals surface area contributed by atoms with Crippen molar-refractivity contribution < 1.29 is 4.79 Å². The predicted molar refractivity (Wildman–Crippen MR) is 76.4 cm³/mol. The third-order valence-electron chi connectivity index (χ3n) is 3.70. The maximum atomic E-state index is 12.0. The molecule has 1 unspecified atom stereocenters. The van der Waals surface area contributed by atoms with Crippen LogP contribution in [0.3, 0.4) is 0 Å². The van der Waals surface area contributed by atoms with E-state index in [0.717, 1.165) is 4.57 Å². The topological polar surface area (TPSA) is 99.1 Å². The van der Waals surface area contributed by atoms with E-state index < -0.39 is 16.8 Å². The highest BCUT2D eigenvalue weighted by Crippen LogP contribution is 2.14. The van der Waals surface area contributed by atoms with Crippen molar-refractivity contribution in [3.05, 3.63) is 33.1 Å². The lowest BCUT2D eigenvalue weighted by molar-refractivity contribution is -0.124. The molecular weight excluding hydrogens is 260 g/mol. The number of amides is 1. The molecule has 1 heterocycles. The van der Waals surface area contributed by atoms with Crippen molar-refractivity contribution in [1.29, 1.82) is 0 Å². The largest absolute Gasteiger partial charge is 0.348 e. The molecule has 1 aromatic heterocycles. The minimum Gasteiger partial charge on any atom is -0.348 e. The van der Waals surface area contributed by atoms with Gasteiger partial charge in [-0.25, -0.2) is 4.79 Å². The van der Waals surface area contributed by atoms with Gasteiger partial charge in [0.1, 0.15) is 6.54 Å². The van der Waals surface area contributed by atoms with Gasteiger partial charge < -0.3 is 11.1 Å². The van der Waals surface area contributed by atoms with Crippen LogP contribution in [0, 0.1) is 5.92 Å². The van der Waals surface area contributed by atoms with Gasteiger partial charge in [-0.1, -0.05) is 13.8 Å². The molecule has 20 heavy (non-hydrogen) atoms. The lowest BCUT2D eigenvalue weighted by atomic mass is 9.88. The first kappa shape index (κ1) is 16.2. The van der Waals surface area contributed by atoms with Crippen LogP contribution in [0.25, 0.3) is 0 Å². The molecule has 112 valence electrons. The van der Waals surface area contributed by atoms with Crippen LogP contribution in [0.15, 0.2) is 21.9 Å². The number of aromatic nitrogens is 2. The van der Waals surface area contributed by atoms with E-state index in [1.165, 1.54) is 23.9 Å². The van der Waals surface area contributed by atoms with E-state index in [2.05, 4.69) is 5.32 Å². The second kappa shape index (κ2) is 6.04. The van der Waals surface area contributed by atoms with Gasteiger partial charge in [-0.3, -0.25) is 18.7 Å². The Morgan fingerprint density at radius 3 is 2.55 bits per heavy atom. The molecule has 1 rings (SSSR count). The number of carbonyl (C=O) groups is 1. The number of hydrogen-bond acceptors (Lipinski definition) is 4. The Balaban J connectivity index is 2.90. The zero-order chi connectivity index (χ0) is 15.5. The number of nitrogens with one attached hydrogen (secondary N) is 1. The molecule has 0 radical (unpaired) electrons. The first-order valence-corrected chi connectivity index (χ1v) is 6.49. The number of nitrogens with zero attached hydrogens (tertiary/aromatic N) is 2. The lowest BCUT2D eigenvalue weighted by Gasteiger charge is -2.33. The van der Waals surface area contributed by atoms with E-state index in [1.807, 2.05) is 20.8 Å². The van der Waals surface area contributed by atoms with E-state index >= 15 is 0 Å². The van der Waals surface area contributed by atoms with Gasteiger partial charge in [0, 0.05) is 25.9 Å². The molecule has 0 bridgehead atoms. The van der Waals surface area contributed by atoms with E-state index in [9.17, 15) is 14.4 Å². The van der Waals surface area contributed by atoms with Gasteiger partial charge in [0.05, 0.1) is 5.54 Å². The van der Waals surface area contributed by atoms with E-state index in [0.29, 0.717) is 6.54 Å². The van der Waals surface area contributed by atoms with Crippen molar-refractivity contribution >= 4 is 5.91 Å². The zero-order valence-electron chi connectivity index (χ0n) is 12.3. The molecule has 1 aromatic rings. The summed E-state index contributed by atoms with van der Waals surface area (Å²) in [6, 6.07) is 1.25. The second-order valence-corrected chi connectivity index (χ2v) is 5.45. The van der Waals surface area contributed by atoms with Crippen LogP contribution >= 0.6 is 0 Å². The van der Waals surface area contributed by atoms with Gasteiger partial charge in [-0.15, -0.1) is 0 Å². The molecule has 1 amide bonds. The Morgan fingerprint density at radius 2 is 2.05 bits per heavy atom. The lowest BCUT2D eigenvalue weighted by Crippen LogP contribution is -2.56. The smallest absolute Gasteiger partial charge is 0.331 e. The molecule has 0 saturated heterocycles. The molecule has 0 aliphatic rings. The summed E-state index contributed by atoms with van der Waals surface area (Å²) in [7, 11) is 1.37. The maximum Gasteiger partial charge on any atom is 0.331 e. The van der Waals surface area contributed by atoms with Gasteiger partial charge >= 0.3 is 5.69 Å². The fourth-order valence-corrected chi connectivity index (χ4v) is 1.68. The van der Waals surface area contributed by atoms with Crippen LogP contribution < -0.4 is 22.3 Å². The van der Waals surface area contributed by atoms with E-state index in [4.69, 9.17) is 5.73 Å². The Bertz CT molecular complexity index is 602. The van der Waals surface area contributed by atoms with Gasteiger partial charge in [0.2, 0.25) is 5.91 Å². The molecule has 0 aliphatic carbocycles. The Morgan fingerprint density at radius 1 is 1.45 bits per heavy atom. The van der Waals surface area contributed by atoms with Crippen LogP contribution in [0.4, 0.5) is 0 Å². The molecule has 0 aromatic carbocycles. The van der Waals surface area contributed by atoms with Gasteiger partial charge in [-0.05, 0) is 12.8 Å². The quantitative estimate of drug-likeness (QED) is 0.726. The summed E-state index contributed by atoms with van der Waals surface area (Å²) >= 11 is 0. The average Bonchev–Trinajstić information content (AvgIpc) is 2.39. The van der Waals surface area contributed by atoms with Crippen LogP contribution in [0.5, 0.6) is 0 Å². The maximum absolute atomic E-state index is 12.0. The molecule has 1 atom stereocenters. The Labute approximate surface area is 117 Å². The molecule has 7 nitrogen and oxygen atoms in total. The van der Waals surface area contributed by atoms with E-state index in [1.54, 1.807) is 0 Å². The predicted octanol–water partition coefficient (Wildman–Crippen LogP) is -0.963. The first-order chi connectivity index (χ1) is 9.21. The van der Waals surface area contributed by atoms with Crippen molar-refractivity contribution in [2.75, 3.05) is 6.54 Å². The molecule has 0 aliphatic heterocycles. The van der Waals surface area contributed by atoms with Crippen LogP contribution in [-0.4, -0.2) is 27.1 Å². The third-order valence-corrected chi connectivity index (χ3v) is 3.70. The minimum atomic E-state index is -0.526. The Kier molecular flexibility index (Phi) is 4.88. The number of nitrogens with two attached hydrogens (primary N) is 1. The summed E-state index contributed by atoms with van der Waals surface area (Å²) in [5, 5.41) is 2.84. The molecule has 0 fully saturated rings. The fraction of sp³-hybridized carbons (Fsp3) is 0.615. The highest BCUT2D eigenvalue weighted by Gasteiger charge is 2.28. The third kappa shape index (κ3) is 3.36. The van der Waals surface area contributed by atoms with Gasteiger partial charge in [-0.2, -0.15) is 0 Å². The average molecular weight is 282 g/mol. The summed E-state index contributed by atoms with van der Waals surface area (Å²) in [5.41, 5.74) is 4.24. The normalized spacial score (nSPS) is 14.1. The van der Waals surface area contributed by atoms with Gasteiger partial charge in [0.25, 0.3) is 5.56 Å². The molecule has 7 heteroatoms. The van der Waals surface area contributed by atoms with Gasteiger partial charge in [0.15, 0.2) is 0 Å². The Hall–Kier alpha value is -1.89. The van der Waals surface area contributed by atoms with Crippen molar-refractivity contribution in [2.24, 2.45) is 18.7 Å². The number of carbonyl (C=O) groups excluding carboxylic acids is 1. The highest BCUT2D eigenvalue weighted by atomic mass is 16.2. The van der Waals surface area contributed by atoms with Crippen LogP contribution in [0.1, 0.15) is 20.8 Å². The number of hydrogen-bond donors (Lipinski definition) is 2. The summed E-state index contributed by atoms with van der Waals surface area (Å²) in [4.78, 5) is 35.1. The SMILES string of the molecule is CC(C)C(C)(CN)NC(=O)Cn1ccc(=O)n(C)c1=O. The molecular formula is C13H22N4O3. The monoisotopic (exact) mass is 282 g/mol. The van der Waals surface area contributed by atoms with Crippen molar-refractivity contribution in [1.82, 2.24) is 14.5 Å². The molecule has 0 spiro atoms. The summed E-state index contributed by atoms with van der Waals surface area (Å²) in [6.45, 7) is 5.95. The first-order valence-electron chi connectivity index (χ1n) is 6.49. The van der Waals surface area contributed by atoms with Crippen molar-refractivity contribution in [2.45, 2.75) is 32.9 Å². The van der Waals surface area contributed by atoms with Crippen molar-refractivity contribution in [3.8, 4) is 0 Å². The van der Waals surface area contributed by atoms with Crippen LogP contribution in [-0.2, 0) is 18.4 Å². The summed E-state index contributed by atoms with van der Waals surface area (Å²) in [6.07, 6.45) is 1.32. The minimum absolute atomic E-state index is 0.144. The van der Waals surface area contributed by atoms with Crippen molar-refractivity contribution in [3.63, 3.8) is 0 Å². The zero-order valence-corrected chi connectivity index (χ0v) is 12.3. The summed E-state index contributed by atoms with van der Waals surface area (Å²) in [5.74, 6) is -0.152. The fourth-order valence-electron chi connectivity index (χ4n) is 1.68.